The third-order valence-electron chi connectivity index (χ3n) is 4.65. The minimum absolute atomic E-state index is 0.326. The number of benzene rings is 3. The normalized spacial score (nSPS) is 14.8. The lowest BCUT2D eigenvalue weighted by Crippen LogP contribution is -2.27. The van der Waals surface area contributed by atoms with Crippen molar-refractivity contribution in [2.45, 2.75) is 6.61 Å². The fraction of sp³-hybridized carbons (Fsp3) is 0.0833. The van der Waals surface area contributed by atoms with E-state index in [4.69, 9.17) is 9.47 Å². The highest BCUT2D eigenvalue weighted by molar-refractivity contribution is 9.10. The van der Waals surface area contributed by atoms with Crippen LogP contribution in [0, 0.1) is 0 Å². The van der Waals surface area contributed by atoms with E-state index in [0.717, 1.165) is 21.8 Å². The number of carbonyl (C=O) groups is 2. The monoisotopic (exact) mass is 573 g/mol. The van der Waals surface area contributed by atoms with Gasteiger partial charge in [-0.25, -0.2) is 4.90 Å². The van der Waals surface area contributed by atoms with Crippen LogP contribution in [-0.2, 0) is 11.4 Å². The second-order valence-corrected chi connectivity index (χ2v) is 9.57. The Morgan fingerprint density at radius 2 is 1.72 bits per heavy atom. The molecule has 3 aromatic carbocycles. The largest absolute Gasteiger partial charge is 0.493 e. The number of para-hydroxylation sites is 1. The molecule has 0 atom stereocenters. The maximum atomic E-state index is 12.9. The van der Waals surface area contributed by atoms with Crippen molar-refractivity contribution in [3.8, 4) is 11.5 Å². The summed E-state index contributed by atoms with van der Waals surface area (Å²) in [4.78, 5) is 26.8. The van der Waals surface area contributed by atoms with Crippen LogP contribution in [0.4, 0.5) is 10.5 Å². The van der Waals surface area contributed by atoms with Gasteiger partial charge in [-0.2, -0.15) is 0 Å². The van der Waals surface area contributed by atoms with E-state index in [0.29, 0.717) is 38.7 Å². The third kappa shape index (κ3) is 4.92. The molecule has 5 nitrogen and oxygen atoms in total. The van der Waals surface area contributed by atoms with E-state index in [9.17, 15) is 9.59 Å². The minimum atomic E-state index is -0.350. The first kappa shape index (κ1) is 22.6. The van der Waals surface area contributed by atoms with Gasteiger partial charge in [0.15, 0.2) is 11.5 Å². The summed E-state index contributed by atoms with van der Waals surface area (Å²) < 4.78 is 13.2. The van der Waals surface area contributed by atoms with Gasteiger partial charge in [0.2, 0.25) is 0 Å². The number of hydrogen-bond acceptors (Lipinski definition) is 5. The highest BCUT2D eigenvalue weighted by atomic mass is 79.9. The van der Waals surface area contributed by atoms with E-state index in [1.807, 2.05) is 36.4 Å². The predicted molar refractivity (Wildman–Crippen MR) is 134 cm³/mol. The maximum absolute atomic E-state index is 12.9. The van der Waals surface area contributed by atoms with E-state index in [-0.39, 0.29) is 11.1 Å². The van der Waals surface area contributed by atoms with Crippen LogP contribution >= 0.6 is 43.6 Å². The lowest BCUT2D eigenvalue weighted by molar-refractivity contribution is -0.113. The molecule has 0 aliphatic carbocycles. The Morgan fingerprint density at radius 3 is 2.41 bits per heavy atom. The van der Waals surface area contributed by atoms with Crippen LogP contribution in [0.2, 0.25) is 0 Å². The molecular formula is C24H17Br2NO4S. The molecule has 1 fully saturated rings. The van der Waals surface area contributed by atoms with Crippen LogP contribution < -0.4 is 14.4 Å². The van der Waals surface area contributed by atoms with Gasteiger partial charge in [0.05, 0.1) is 22.2 Å². The first-order valence-electron chi connectivity index (χ1n) is 9.54. The molecule has 0 spiro atoms. The van der Waals surface area contributed by atoms with Crippen LogP contribution in [0.1, 0.15) is 11.1 Å². The van der Waals surface area contributed by atoms with Crippen molar-refractivity contribution in [3.63, 3.8) is 0 Å². The molecule has 32 heavy (non-hydrogen) atoms. The molecule has 1 aliphatic rings. The average molecular weight is 575 g/mol. The molecule has 0 radical (unpaired) electrons. The van der Waals surface area contributed by atoms with Gasteiger partial charge in [-0.3, -0.25) is 9.59 Å². The molecule has 3 aromatic rings. The summed E-state index contributed by atoms with van der Waals surface area (Å²) in [5.41, 5.74) is 2.28. The Hall–Kier alpha value is -2.55. The Morgan fingerprint density at radius 1 is 1.00 bits per heavy atom. The summed E-state index contributed by atoms with van der Waals surface area (Å²) in [5.74, 6) is 0.729. The lowest BCUT2D eigenvalue weighted by atomic mass is 10.1. The summed E-state index contributed by atoms with van der Waals surface area (Å²) in [6.45, 7) is 0.373. The number of imide groups is 1. The molecule has 1 saturated heterocycles. The number of methoxy groups -OCH3 is 1. The SMILES string of the molecule is COc1cc(/C=C2\SC(=O)N(c3ccccc3)C2=O)cc(Br)c1OCc1ccc(Br)cc1. The molecule has 0 unspecified atom stereocenters. The van der Waals surface area contributed by atoms with Crippen molar-refractivity contribution in [1.29, 1.82) is 0 Å². The third-order valence-corrected chi connectivity index (χ3v) is 6.64. The highest BCUT2D eigenvalue weighted by Gasteiger charge is 2.36. The second kappa shape index (κ2) is 9.94. The fourth-order valence-corrected chi connectivity index (χ4v) is 4.80. The van der Waals surface area contributed by atoms with Gasteiger partial charge >= 0.3 is 0 Å². The molecule has 0 saturated carbocycles. The van der Waals surface area contributed by atoms with E-state index >= 15 is 0 Å². The van der Waals surface area contributed by atoms with E-state index in [1.165, 1.54) is 4.90 Å². The summed E-state index contributed by atoms with van der Waals surface area (Å²) >= 11 is 7.87. The van der Waals surface area contributed by atoms with Gasteiger partial charge in [-0.15, -0.1) is 0 Å². The maximum Gasteiger partial charge on any atom is 0.298 e. The van der Waals surface area contributed by atoms with Crippen LogP contribution in [0.15, 0.2) is 80.6 Å². The number of nitrogens with zero attached hydrogens (tertiary/aromatic N) is 1. The molecular weight excluding hydrogens is 558 g/mol. The van der Waals surface area contributed by atoms with Crippen molar-refractivity contribution in [1.82, 2.24) is 0 Å². The topological polar surface area (TPSA) is 55.8 Å². The van der Waals surface area contributed by atoms with E-state index < -0.39 is 0 Å². The number of ether oxygens (including phenoxy) is 2. The van der Waals surface area contributed by atoms with Gasteiger partial charge < -0.3 is 9.47 Å². The quantitative estimate of drug-likeness (QED) is 0.295. The summed E-state index contributed by atoms with van der Waals surface area (Å²) in [6, 6.07) is 20.3. The van der Waals surface area contributed by atoms with Gasteiger partial charge in [0.1, 0.15) is 6.61 Å². The van der Waals surface area contributed by atoms with Crippen molar-refractivity contribution < 1.29 is 19.1 Å². The Balaban J connectivity index is 1.57. The van der Waals surface area contributed by atoms with Gasteiger partial charge in [0.25, 0.3) is 11.1 Å². The number of halogens is 2. The molecule has 2 amide bonds. The molecule has 1 heterocycles. The number of rotatable bonds is 6. The Kier molecular flexibility index (Phi) is 7.03. The minimum Gasteiger partial charge on any atom is -0.493 e. The number of hydrogen-bond donors (Lipinski definition) is 0. The van der Waals surface area contributed by atoms with E-state index in [1.54, 1.807) is 43.5 Å². The zero-order chi connectivity index (χ0) is 22.7. The smallest absolute Gasteiger partial charge is 0.298 e. The number of anilines is 1. The fourth-order valence-electron chi connectivity index (χ4n) is 3.12. The van der Waals surface area contributed by atoms with Crippen LogP contribution in [0.3, 0.4) is 0 Å². The molecule has 8 heteroatoms. The van der Waals surface area contributed by atoms with Crippen LogP contribution in [0.25, 0.3) is 6.08 Å². The van der Waals surface area contributed by atoms with Crippen molar-refractivity contribution in [3.05, 3.63) is 91.7 Å². The first-order valence-corrected chi connectivity index (χ1v) is 11.9. The zero-order valence-corrected chi connectivity index (χ0v) is 20.9. The average Bonchev–Trinajstić information content (AvgIpc) is 3.07. The first-order chi connectivity index (χ1) is 15.5. The van der Waals surface area contributed by atoms with Crippen molar-refractivity contribution in [2.24, 2.45) is 0 Å². The highest BCUT2D eigenvalue weighted by Crippen LogP contribution is 2.40. The molecule has 1 aliphatic heterocycles. The number of amides is 2. The van der Waals surface area contributed by atoms with Crippen LogP contribution in [0.5, 0.6) is 11.5 Å². The van der Waals surface area contributed by atoms with E-state index in [2.05, 4.69) is 31.9 Å². The Labute approximate surface area is 206 Å². The Bertz CT molecular complexity index is 1200. The van der Waals surface area contributed by atoms with Gasteiger partial charge in [-0.05, 0) is 81.3 Å². The van der Waals surface area contributed by atoms with Gasteiger partial charge in [-0.1, -0.05) is 46.3 Å². The van der Waals surface area contributed by atoms with Crippen molar-refractivity contribution >= 4 is 66.5 Å². The molecule has 162 valence electrons. The zero-order valence-electron chi connectivity index (χ0n) is 16.9. The van der Waals surface area contributed by atoms with Gasteiger partial charge in [0, 0.05) is 4.47 Å². The standard InChI is InChI=1S/C24H17Br2NO4S/c1-30-20-12-16(11-19(26)22(20)31-14-15-7-9-17(25)10-8-15)13-21-23(28)27(24(29)32-21)18-5-3-2-4-6-18/h2-13H,14H2,1H3/b21-13-. The summed E-state index contributed by atoms with van der Waals surface area (Å²) in [6.07, 6.45) is 1.68. The number of thioether (sulfide) groups is 1. The van der Waals surface area contributed by atoms with Crippen molar-refractivity contribution in [2.75, 3.05) is 12.0 Å². The second-order valence-electron chi connectivity index (χ2n) is 6.80. The molecule has 0 bridgehead atoms. The molecule has 4 rings (SSSR count). The lowest BCUT2D eigenvalue weighted by Gasteiger charge is -2.14. The summed E-state index contributed by atoms with van der Waals surface area (Å²) in [5, 5.41) is -0.326. The predicted octanol–water partition coefficient (Wildman–Crippen LogP) is 7.04. The number of carbonyl (C=O) groups excluding carboxylic acids is 2. The summed E-state index contributed by atoms with van der Waals surface area (Å²) in [7, 11) is 1.56. The van der Waals surface area contributed by atoms with Crippen LogP contribution in [-0.4, -0.2) is 18.3 Å². The molecule has 0 N–H and O–H groups in total. The molecule has 0 aromatic heterocycles.